The van der Waals surface area contributed by atoms with Crippen molar-refractivity contribution in [1.82, 2.24) is 5.32 Å². The third-order valence-electron chi connectivity index (χ3n) is 1.25. The summed E-state index contributed by atoms with van der Waals surface area (Å²) in [5.74, 6) is -0.850. The third kappa shape index (κ3) is 2.03. The van der Waals surface area contributed by atoms with Crippen molar-refractivity contribution >= 4 is 17.3 Å². The van der Waals surface area contributed by atoms with E-state index in [0.717, 1.165) is 12.1 Å². The Kier molecular flexibility index (Phi) is 2.62. The predicted octanol–water partition coefficient (Wildman–Crippen LogP) is 1.17. The topological polar surface area (TPSA) is 49.3 Å². The number of aromatic carboxylic acids is 1. The van der Waals surface area contributed by atoms with Gasteiger partial charge in [-0.25, -0.2) is 4.79 Å². The first-order valence-corrected chi connectivity index (χ1v) is 4.07. The SMILES string of the molecule is CNCc1csc(C(=O)O)c1. The first-order valence-electron chi connectivity index (χ1n) is 3.19. The van der Waals surface area contributed by atoms with Crippen molar-refractivity contribution in [3.8, 4) is 0 Å². The smallest absolute Gasteiger partial charge is 0.345 e. The minimum atomic E-state index is -0.850. The first-order chi connectivity index (χ1) is 5.24. The summed E-state index contributed by atoms with van der Waals surface area (Å²) in [5, 5.41) is 13.4. The van der Waals surface area contributed by atoms with Gasteiger partial charge in [0.1, 0.15) is 4.88 Å². The van der Waals surface area contributed by atoms with Crippen LogP contribution in [0.2, 0.25) is 0 Å². The van der Waals surface area contributed by atoms with E-state index in [9.17, 15) is 4.79 Å². The molecule has 0 aliphatic heterocycles. The van der Waals surface area contributed by atoms with Crippen LogP contribution in [0.5, 0.6) is 0 Å². The van der Waals surface area contributed by atoms with Gasteiger partial charge in [0, 0.05) is 6.54 Å². The van der Waals surface area contributed by atoms with Crippen LogP contribution in [-0.4, -0.2) is 18.1 Å². The fraction of sp³-hybridized carbons (Fsp3) is 0.286. The molecular formula is C7H9NO2S. The molecule has 2 N–H and O–H groups in total. The molecule has 60 valence electrons. The van der Waals surface area contributed by atoms with Crippen LogP contribution in [0.1, 0.15) is 15.2 Å². The molecule has 1 heterocycles. The van der Waals surface area contributed by atoms with Crippen molar-refractivity contribution in [3.63, 3.8) is 0 Å². The van der Waals surface area contributed by atoms with Gasteiger partial charge in [-0.15, -0.1) is 11.3 Å². The van der Waals surface area contributed by atoms with Gasteiger partial charge in [-0.2, -0.15) is 0 Å². The van der Waals surface area contributed by atoms with E-state index in [1.54, 1.807) is 6.07 Å². The molecule has 0 fully saturated rings. The van der Waals surface area contributed by atoms with E-state index in [1.807, 2.05) is 12.4 Å². The van der Waals surface area contributed by atoms with Gasteiger partial charge in [-0.3, -0.25) is 0 Å². The third-order valence-corrected chi connectivity index (χ3v) is 2.21. The molecule has 11 heavy (non-hydrogen) atoms. The van der Waals surface area contributed by atoms with Crippen LogP contribution >= 0.6 is 11.3 Å². The standard InChI is InChI=1S/C7H9NO2S/c1-8-3-5-2-6(7(9)10)11-4-5/h2,4,8H,3H2,1H3,(H,9,10). The van der Waals surface area contributed by atoms with Crippen LogP contribution in [0, 0.1) is 0 Å². The second-order valence-corrected chi connectivity index (χ2v) is 3.07. The first kappa shape index (κ1) is 8.23. The van der Waals surface area contributed by atoms with Gasteiger partial charge in [0.25, 0.3) is 0 Å². The van der Waals surface area contributed by atoms with Gasteiger partial charge in [-0.1, -0.05) is 0 Å². The quantitative estimate of drug-likeness (QED) is 0.717. The zero-order valence-corrected chi connectivity index (χ0v) is 6.94. The Labute approximate surface area is 68.7 Å². The number of hydrogen-bond donors (Lipinski definition) is 2. The van der Waals surface area contributed by atoms with Crippen molar-refractivity contribution < 1.29 is 9.90 Å². The second kappa shape index (κ2) is 3.50. The molecule has 1 rings (SSSR count). The maximum absolute atomic E-state index is 10.4. The molecule has 0 saturated carbocycles. The van der Waals surface area contributed by atoms with Gasteiger partial charge in [0.15, 0.2) is 0 Å². The summed E-state index contributed by atoms with van der Waals surface area (Å²) >= 11 is 1.26. The molecule has 0 atom stereocenters. The van der Waals surface area contributed by atoms with Gasteiger partial charge in [-0.05, 0) is 24.1 Å². The van der Waals surface area contributed by atoms with Crippen LogP contribution < -0.4 is 5.32 Å². The number of rotatable bonds is 3. The lowest BCUT2D eigenvalue weighted by Crippen LogP contribution is -2.03. The summed E-state index contributed by atoms with van der Waals surface area (Å²) in [6.07, 6.45) is 0. The maximum atomic E-state index is 10.4. The second-order valence-electron chi connectivity index (χ2n) is 2.15. The average molecular weight is 171 g/mol. The number of thiophene rings is 1. The van der Waals surface area contributed by atoms with E-state index in [2.05, 4.69) is 5.32 Å². The lowest BCUT2D eigenvalue weighted by Gasteiger charge is -1.90. The van der Waals surface area contributed by atoms with Crippen LogP contribution in [-0.2, 0) is 6.54 Å². The average Bonchev–Trinajstić information content (AvgIpc) is 2.37. The van der Waals surface area contributed by atoms with E-state index in [-0.39, 0.29) is 0 Å². The molecule has 4 heteroatoms. The lowest BCUT2D eigenvalue weighted by molar-refractivity contribution is 0.0702. The Hall–Kier alpha value is -0.870. The monoisotopic (exact) mass is 171 g/mol. The van der Waals surface area contributed by atoms with Crippen molar-refractivity contribution in [1.29, 1.82) is 0 Å². The molecule has 0 bridgehead atoms. The predicted molar refractivity (Wildman–Crippen MR) is 44.0 cm³/mol. The van der Waals surface area contributed by atoms with Crippen LogP contribution in [0.25, 0.3) is 0 Å². The normalized spacial score (nSPS) is 9.91. The summed E-state index contributed by atoms with van der Waals surface area (Å²) < 4.78 is 0. The van der Waals surface area contributed by atoms with Gasteiger partial charge in [0.2, 0.25) is 0 Å². The van der Waals surface area contributed by atoms with Gasteiger partial charge < -0.3 is 10.4 Å². The maximum Gasteiger partial charge on any atom is 0.345 e. The van der Waals surface area contributed by atoms with Crippen LogP contribution in [0.4, 0.5) is 0 Å². The van der Waals surface area contributed by atoms with Crippen LogP contribution in [0.15, 0.2) is 11.4 Å². The fourth-order valence-corrected chi connectivity index (χ4v) is 1.53. The van der Waals surface area contributed by atoms with E-state index in [0.29, 0.717) is 4.88 Å². The number of carboxylic acids is 1. The van der Waals surface area contributed by atoms with E-state index >= 15 is 0 Å². The number of carboxylic acid groups (broad SMARTS) is 1. The van der Waals surface area contributed by atoms with Crippen molar-refractivity contribution in [2.24, 2.45) is 0 Å². The molecule has 0 aromatic carbocycles. The highest BCUT2D eigenvalue weighted by molar-refractivity contribution is 7.12. The Bertz CT molecular complexity index is 257. The fourth-order valence-electron chi connectivity index (χ4n) is 0.785. The molecule has 3 nitrogen and oxygen atoms in total. The highest BCUT2D eigenvalue weighted by Crippen LogP contribution is 2.13. The molecular weight excluding hydrogens is 162 g/mol. The summed E-state index contributed by atoms with van der Waals surface area (Å²) in [6, 6.07) is 1.68. The minimum Gasteiger partial charge on any atom is -0.477 e. The van der Waals surface area contributed by atoms with Gasteiger partial charge >= 0.3 is 5.97 Å². The molecule has 1 aromatic rings. The lowest BCUT2D eigenvalue weighted by atomic mass is 10.3. The largest absolute Gasteiger partial charge is 0.477 e. The highest BCUT2D eigenvalue weighted by atomic mass is 32.1. The molecule has 0 aliphatic carbocycles. The van der Waals surface area contributed by atoms with Crippen molar-refractivity contribution in [2.75, 3.05) is 7.05 Å². The number of hydrogen-bond acceptors (Lipinski definition) is 3. The minimum absolute atomic E-state index is 0.398. The zero-order chi connectivity index (χ0) is 8.27. The molecule has 0 radical (unpaired) electrons. The van der Waals surface area contributed by atoms with E-state index < -0.39 is 5.97 Å². The molecule has 0 amide bonds. The van der Waals surface area contributed by atoms with Crippen molar-refractivity contribution in [3.05, 3.63) is 21.9 Å². The molecule has 0 aliphatic rings. The summed E-state index contributed by atoms with van der Waals surface area (Å²) in [4.78, 5) is 10.8. The van der Waals surface area contributed by atoms with Gasteiger partial charge in [0.05, 0.1) is 0 Å². The molecule has 0 spiro atoms. The van der Waals surface area contributed by atoms with Crippen molar-refractivity contribution in [2.45, 2.75) is 6.54 Å². The molecule has 0 saturated heterocycles. The summed E-state index contributed by atoms with van der Waals surface area (Å²) in [5.41, 5.74) is 1.02. The Morgan fingerprint density at radius 2 is 2.55 bits per heavy atom. The Balaban J connectivity index is 2.73. The number of nitrogens with one attached hydrogen (secondary N) is 1. The Morgan fingerprint density at radius 3 is 3.00 bits per heavy atom. The van der Waals surface area contributed by atoms with E-state index in [4.69, 9.17) is 5.11 Å². The summed E-state index contributed by atoms with van der Waals surface area (Å²) in [6.45, 7) is 0.726. The highest BCUT2D eigenvalue weighted by Gasteiger charge is 2.05. The number of carbonyl (C=O) groups is 1. The summed E-state index contributed by atoms with van der Waals surface area (Å²) in [7, 11) is 1.83. The Morgan fingerprint density at radius 1 is 1.82 bits per heavy atom. The molecule has 0 unspecified atom stereocenters. The van der Waals surface area contributed by atoms with Crippen LogP contribution in [0.3, 0.4) is 0 Å². The van der Waals surface area contributed by atoms with E-state index in [1.165, 1.54) is 11.3 Å². The zero-order valence-electron chi connectivity index (χ0n) is 6.13. The molecule has 1 aromatic heterocycles.